The molecule has 0 spiro atoms. The summed E-state index contributed by atoms with van der Waals surface area (Å²) in [4.78, 5) is 20.9. The van der Waals surface area contributed by atoms with Crippen LogP contribution in [0.3, 0.4) is 0 Å². The van der Waals surface area contributed by atoms with Crippen LogP contribution in [0.15, 0.2) is 39.9 Å². The van der Waals surface area contributed by atoms with Crippen LogP contribution in [0.4, 0.5) is 0 Å². The molecule has 1 saturated carbocycles. The molecule has 7 nitrogen and oxygen atoms in total. The summed E-state index contributed by atoms with van der Waals surface area (Å²) in [6.45, 7) is 0. The number of rotatable bonds is 2. The maximum atomic E-state index is 12.4. The normalized spacial score (nSPS) is 16.8. The van der Waals surface area contributed by atoms with Crippen LogP contribution in [0.25, 0.3) is 17.1 Å². The number of hydrogen-bond acceptors (Lipinski definition) is 6. The molecule has 3 aromatic rings. The van der Waals surface area contributed by atoms with E-state index in [2.05, 4.69) is 15.1 Å². The summed E-state index contributed by atoms with van der Waals surface area (Å²) in [5.74, 6) is 0.624. The largest absolute Gasteiger partial charge is 0.334 e. The zero-order valence-electron chi connectivity index (χ0n) is 11.2. The minimum absolute atomic E-state index is 0.164. The maximum Gasteiger partial charge on any atom is 0.270 e. The Labute approximate surface area is 119 Å². The zero-order chi connectivity index (χ0) is 14.4. The Hall–Kier alpha value is -2.54. The van der Waals surface area contributed by atoms with E-state index in [9.17, 15) is 4.79 Å². The Kier molecular flexibility index (Phi) is 2.46. The number of fused-ring (bicyclic) bond motifs is 1. The highest BCUT2D eigenvalue weighted by molar-refractivity contribution is 5.53. The summed E-state index contributed by atoms with van der Waals surface area (Å²) in [6.07, 6.45) is 5.84. The number of aromatic nitrogens is 4. The molecule has 2 N–H and O–H groups in total. The molecule has 0 atom stereocenters. The lowest BCUT2D eigenvalue weighted by Gasteiger charge is -2.34. The Morgan fingerprint density at radius 2 is 2.19 bits per heavy atom. The summed E-state index contributed by atoms with van der Waals surface area (Å²) < 4.78 is 6.65. The first-order chi connectivity index (χ1) is 10.2. The van der Waals surface area contributed by atoms with Gasteiger partial charge in [-0.3, -0.25) is 9.20 Å². The van der Waals surface area contributed by atoms with E-state index in [-0.39, 0.29) is 17.0 Å². The van der Waals surface area contributed by atoms with Crippen molar-refractivity contribution in [2.75, 3.05) is 0 Å². The topological polar surface area (TPSA) is 99.3 Å². The molecule has 106 valence electrons. The predicted octanol–water partition coefficient (Wildman–Crippen LogP) is 1.08. The SMILES string of the molecule is NC1(c2noc(-c3cnc4ccccn4c3=O)n2)CCC1. The van der Waals surface area contributed by atoms with Gasteiger partial charge in [0.2, 0.25) is 0 Å². The van der Waals surface area contributed by atoms with E-state index in [4.69, 9.17) is 10.3 Å². The van der Waals surface area contributed by atoms with E-state index in [1.54, 1.807) is 18.3 Å². The second-order valence-corrected chi connectivity index (χ2v) is 5.34. The quantitative estimate of drug-likeness (QED) is 0.755. The second-order valence-electron chi connectivity index (χ2n) is 5.34. The van der Waals surface area contributed by atoms with Gasteiger partial charge in [0.05, 0.1) is 5.54 Å². The molecule has 1 fully saturated rings. The van der Waals surface area contributed by atoms with Crippen molar-refractivity contribution >= 4 is 5.65 Å². The average molecular weight is 283 g/mol. The maximum absolute atomic E-state index is 12.4. The second kappa shape index (κ2) is 4.23. The van der Waals surface area contributed by atoms with Crippen LogP contribution < -0.4 is 11.3 Å². The Bertz CT molecular complexity index is 878. The smallest absolute Gasteiger partial charge is 0.270 e. The van der Waals surface area contributed by atoms with Gasteiger partial charge >= 0.3 is 0 Å². The molecule has 7 heteroatoms. The Morgan fingerprint density at radius 3 is 2.95 bits per heavy atom. The highest BCUT2D eigenvalue weighted by atomic mass is 16.5. The van der Waals surface area contributed by atoms with E-state index >= 15 is 0 Å². The number of pyridine rings is 1. The van der Waals surface area contributed by atoms with Gasteiger partial charge in [0, 0.05) is 12.4 Å². The van der Waals surface area contributed by atoms with Crippen LogP contribution in [0.1, 0.15) is 25.1 Å². The van der Waals surface area contributed by atoms with Gasteiger partial charge in [-0.15, -0.1) is 0 Å². The monoisotopic (exact) mass is 283 g/mol. The predicted molar refractivity (Wildman–Crippen MR) is 74.5 cm³/mol. The summed E-state index contributed by atoms with van der Waals surface area (Å²) >= 11 is 0. The summed E-state index contributed by atoms with van der Waals surface area (Å²) in [6, 6.07) is 5.34. The third-order valence-electron chi connectivity index (χ3n) is 3.96. The van der Waals surface area contributed by atoms with E-state index in [1.165, 1.54) is 10.6 Å². The third kappa shape index (κ3) is 1.78. The lowest BCUT2D eigenvalue weighted by atomic mass is 9.77. The molecular formula is C14H13N5O2. The number of nitrogens with two attached hydrogens (primary N) is 1. The first kappa shape index (κ1) is 12.2. The van der Waals surface area contributed by atoms with E-state index in [1.807, 2.05) is 6.07 Å². The summed E-state index contributed by atoms with van der Waals surface area (Å²) in [5.41, 5.74) is 6.26. The van der Waals surface area contributed by atoms with Crippen LogP contribution in [-0.2, 0) is 5.54 Å². The van der Waals surface area contributed by atoms with Gasteiger partial charge in [-0.1, -0.05) is 11.2 Å². The van der Waals surface area contributed by atoms with Gasteiger partial charge in [-0.05, 0) is 31.4 Å². The molecule has 1 aliphatic carbocycles. The third-order valence-corrected chi connectivity index (χ3v) is 3.96. The summed E-state index contributed by atoms with van der Waals surface area (Å²) in [5, 5.41) is 3.92. The van der Waals surface area contributed by atoms with Gasteiger partial charge in [-0.25, -0.2) is 4.98 Å². The lowest BCUT2D eigenvalue weighted by molar-refractivity contribution is 0.229. The lowest BCUT2D eigenvalue weighted by Crippen LogP contribution is -2.44. The van der Waals surface area contributed by atoms with Crippen LogP contribution in [0.2, 0.25) is 0 Å². The minimum atomic E-state index is -0.512. The molecule has 0 aromatic carbocycles. The van der Waals surface area contributed by atoms with Crippen LogP contribution in [0, 0.1) is 0 Å². The van der Waals surface area contributed by atoms with E-state index < -0.39 is 5.54 Å². The number of nitrogens with zero attached hydrogens (tertiary/aromatic N) is 4. The summed E-state index contributed by atoms with van der Waals surface area (Å²) in [7, 11) is 0. The first-order valence-electron chi connectivity index (χ1n) is 6.77. The van der Waals surface area contributed by atoms with Crippen molar-refractivity contribution in [1.29, 1.82) is 0 Å². The molecule has 4 rings (SSSR count). The molecule has 0 saturated heterocycles. The molecule has 1 aliphatic rings. The minimum Gasteiger partial charge on any atom is -0.334 e. The highest BCUT2D eigenvalue weighted by Gasteiger charge is 2.39. The molecule has 0 radical (unpaired) electrons. The van der Waals surface area contributed by atoms with Crippen molar-refractivity contribution in [3.63, 3.8) is 0 Å². The molecule has 3 heterocycles. The molecule has 21 heavy (non-hydrogen) atoms. The van der Waals surface area contributed by atoms with E-state index in [0.29, 0.717) is 11.5 Å². The van der Waals surface area contributed by atoms with Crippen LogP contribution in [-0.4, -0.2) is 19.5 Å². The average Bonchev–Trinajstić information content (AvgIpc) is 2.95. The molecule has 0 aliphatic heterocycles. The standard InChI is InChI=1S/C14H13N5O2/c15-14(5-3-6-14)13-17-11(21-18-13)9-8-16-10-4-1-2-7-19(10)12(9)20/h1-2,4,7-8H,3,5-6,15H2. The van der Waals surface area contributed by atoms with Crippen molar-refractivity contribution in [1.82, 2.24) is 19.5 Å². The van der Waals surface area contributed by atoms with E-state index in [0.717, 1.165) is 19.3 Å². The first-order valence-corrected chi connectivity index (χ1v) is 6.77. The molecular weight excluding hydrogens is 270 g/mol. The Balaban J connectivity index is 1.84. The fraction of sp³-hybridized carbons (Fsp3) is 0.286. The van der Waals surface area contributed by atoms with Gasteiger partial charge in [-0.2, -0.15) is 4.98 Å². The van der Waals surface area contributed by atoms with Crippen molar-refractivity contribution in [3.05, 3.63) is 46.8 Å². The molecule has 0 unspecified atom stereocenters. The van der Waals surface area contributed by atoms with Crippen LogP contribution in [0.5, 0.6) is 0 Å². The van der Waals surface area contributed by atoms with Gasteiger partial charge in [0.1, 0.15) is 11.2 Å². The Morgan fingerprint density at radius 1 is 1.33 bits per heavy atom. The molecule has 0 bridgehead atoms. The van der Waals surface area contributed by atoms with Crippen LogP contribution >= 0.6 is 0 Å². The van der Waals surface area contributed by atoms with Crippen molar-refractivity contribution < 1.29 is 4.52 Å². The van der Waals surface area contributed by atoms with Crippen molar-refractivity contribution in [3.8, 4) is 11.5 Å². The fourth-order valence-corrected chi connectivity index (χ4v) is 2.49. The highest BCUT2D eigenvalue weighted by Crippen LogP contribution is 2.37. The van der Waals surface area contributed by atoms with Crippen molar-refractivity contribution in [2.24, 2.45) is 5.73 Å². The van der Waals surface area contributed by atoms with Gasteiger partial charge in [0.15, 0.2) is 5.82 Å². The molecule has 3 aromatic heterocycles. The number of hydrogen-bond donors (Lipinski definition) is 1. The van der Waals surface area contributed by atoms with Crippen molar-refractivity contribution in [2.45, 2.75) is 24.8 Å². The van der Waals surface area contributed by atoms with Gasteiger partial charge in [0.25, 0.3) is 11.4 Å². The zero-order valence-corrected chi connectivity index (χ0v) is 11.2. The fourth-order valence-electron chi connectivity index (χ4n) is 2.49. The molecule has 0 amide bonds. The van der Waals surface area contributed by atoms with Gasteiger partial charge < -0.3 is 10.3 Å².